The van der Waals surface area contributed by atoms with Gasteiger partial charge in [-0.25, -0.2) is 9.78 Å². The molecule has 2 fully saturated rings. The van der Waals surface area contributed by atoms with Crippen LogP contribution in [0.1, 0.15) is 57.9 Å². The van der Waals surface area contributed by atoms with E-state index in [9.17, 15) is 9.59 Å². The number of ether oxygens (including phenoxy) is 2. The molecule has 2 aliphatic rings. The normalized spacial score (nSPS) is 18.7. The molecule has 1 spiro atoms. The number of ketones is 1. The van der Waals surface area contributed by atoms with Crippen molar-refractivity contribution in [2.75, 3.05) is 36.5 Å². The number of hydrogen-bond donors (Lipinski definition) is 1. The molecule has 3 rings (SSSR count). The number of piperidine rings is 1. The predicted octanol–water partition coefficient (Wildman–Crippen LogP) is 3.88. The van der Waals surface area contributed by atoms with Gasteiger partial charge in [0.05, 0.1) is 30.8 Å². The highest BCUT2D eigenvalue weighted by Crippen LogP contribution is 2.39. The number of anilines is 2. The van der Waals surface area contributed by atoms with Crippen molar-refractivity contribution < 1.29 is 19.1 Å². The second-order valence-electron chi connectivity index (χ2n) is 9.22. The fourth-order valence-electron chi connectivity index (χ4n) is 3.52. The number of Topliss-reactive ketones (excluding diaryl/α,β-unsaturated/α-hetero) is 1. The quantitative estimate of drug-likeness (QED) is 0.787. The summed E-state index contributed by atoms with van der Waals surface area (Å²) >= 11 is 0. The zero-order chi connectivity index (χ0) is 20.5. The van der Waals surface area contributed by atoms with Crippen molar-refractivity contribution in [3.05, 3.63) is 18.0 Å². The summed E-state index contributed by atoms with van der Waals surface area (Å²) < 4.78 is 10.7. The Kier molecular flexibility index (Phi) is 5.66. The van der Waals surface area contributed by atoms with E-state index in [0.717, 1.165) is 44.8 Å². The first-order valence-corrected chi connectivity index (χ1v) is 9.96. The molecule has 2 aliphatic heterocycles. The number of aromatic nitrogens is 1. The van der Waals surface area contributed by atoms with Gasteiger partial charge in [0.25, 0.3) is 0 Å². The number of nitrogens with zero attached hydrogens (tertiary/aromatic N) is 2. The molecule has 0 aliphatic carbocycles. The van der Waals surface area contributed by atoms with Crippen molar-refractivity contribution in [3.63, 3.8) is 0 Å². The van der Waals surface area contributed by atoms with Crippen molar-refractivity contribution >= 4 is 23.3 Å². The molecule has 1 amide bonds. The van der Waals surface area contributed by atoms with E-state index in [1.165, 1.54) is 0 Å². The zero-order valence-corrected chi connectivity index (χ0v) is 17.5. The van der Waals surface area contributed by atoms with E-state index in [-0.39, 0.29) is 17.4 Å². The number of amides is 1. The molecule has 1 aromatic heterocycles. The van der Waals surface area contributed by atoms with Gasteiger partial charge >= 0.3 is 6.09 Å². The van der Waals surface area contributed by atoms with Gasteiger partial charge in [0.2, 0.25) is 0 Å². The Hall–Kier alpha value is -2.15. The van der Waals surface area contributed by atoms with Crippen LogP contribution in [0.5, 0.6) is 0 Å². The Morgan fingerprint density at radius 3 is 2.39 bits per heavy atom. The summed E-state index contributed by atoms with van der Waals surface area (Å²) in [5.74, 6) is -0.326. The molecule has 0 unspecified atom stereocenters. The number of carbonyl (C=O) groups is 2. The Morgan fingerprint density at radius 2 is 1.89 bits per heavy atom. The Morgan fingerprint density at radius 1 is 1.25 bits per heavy atom. The van der Waals surface area contributed by atoms with E-state index >= 15 is 0 Å². The van der Waals surface area contributed by atoms with Crippen molar-refractivity contribution in [3.8, 4) is 0 Å². The van der Waals surface area contributed by atoms with Gasteiger partial charge in [-0.15, -0.1) is 0 Å². The highest BCUT2D eigenvalue weighted by molar-refractivity contribution is 6.03. The first-order chi connectivity index (χ1) is 13.1. The molecule has 7 nitrogen and oxygen atoms in total. The SMILES string of the molecule is CC(C)C(=O)c1ncc(N2CCC3(CC2)COC3)cc1NC(=O)OC(C)(C)C. The third kappa shape index (κ3) is 4.63. The number of pyridine rings is 1. The fourth-order valence-corrected chi connectivity index (χ4v) is 3.52. The zero-order valence-electron chi connectivity index (χ0n) is 17.5. The standard InChI is InChI=1S/C21H31N3O4/c1-14(2)18(25)17-16(23-19(26)28-20(3,4)5)10-15(11-22-17)24-8-6-21(7-9-24)12-27-13-21/h10-11,14H,6-9,12-13H2,1-5H3,(H,23,26). The summed E-state index contributed by atoms with van der Waals surface area (Å²) in [6.45, 7) is 12.6. The molecule has 154 valence electrons. The van der Waals surface area contributed by atoms with Gasteiger partial charge in [-0.05, 0) is 39.7 Å². The van der Waals surface area contributed by atoms with E-state index in [1.54, 1.807) is 27.0 Å². The number of rotatable bonds is 4. The van der Waals surface area contributed by atoms with Crippen LogP contribution in [0.15, 0.2) is 12.3 Å². The highest BCUT2D eigenvalue weighted by atomic mass is 16.6. The molecule has 0 radical (unpaired) electrons. The summed E-state index contributed by atoms with van der Waals surface area (Å²) in [5, 5.41) is 2.73. The summed E-state index contributed by atoms with van der Waals surface area (Å²) in [6, 6.07) is 1.84. The van der Waals surface area contributed by atoms with Crippen molar-refractivity contribution in [1.82, 2.24) is 4.98 Å². The van der Waals surface area contributed by atoms with Gasteiger partial charge in [-0.1, -0.05) is 13.8 Å². The lowest BCUT2D eigenvalue weighted by Crippen LogP contribution is -2.51. The van der Waals surface area contributed by atoms with Crippen LogP contribution in [0.25, 0.3) is 0 Å². The monoisotopic (exact) mass is 389 g/mol. The van der Waals surface area contributed by atoms with E-state index in [4.69, 9.17) is 9.47 Å². The topological polar surface area (TPSA) is 80.8 Å². The van der Waals surface area contributed by atoms with Crippen molar-refractivity contribution in [1.29, 1.82) is 0 Å². The van der Waals surface area contributed by atoms with Gasteiger partial charge in [0.15, 0.2) is 5.78 Å². The van der Waals surface area contributed by atoms with Crippen LogP contribution in [-0.4, -0.2) is 48.8 Å². The predicted molar refractivity (Wildman–Crippen MR) is 108 cm³/mol. The molecular weight excluding hydrogens is 358 g/mol. The van der Waals surface area contributed by atoms with E-state index in [1.807, 2.05) is 19.9 Å². The summed E-state index contributed by atoms with van der Waals surface area (Å²) in [5.41, 5.74) is 1.29. The third-order valence-electron chi connectivity index (χ3n) is 5.27. The summed E-state index contributed by atoms with van der Waals surface area (Å²) in [7, 11) is 0. The van der Waals surface area contributed by atoms with E-state index in [0.29, 0.717) is 11.1 Å². The second-order valence-corrected chi connectivity index (χ2v) is 9.22. The Labute approximate surface area is 166 Å². The smallest absolute Gasteiger partial charge is 0.412 e. The summed E-state index contributed by atoms with van der Waals surface area (Å²) in [6.07, 6.45) is 3.29. The third-order valence-corrected chi connectivity index (χ3v) is 5.27. The van der Waals surface area contributed by atoms with E-state index < -0.39 is 11.7 Å². The van der Waals surface area contributed by atoms with Gasteiger partial charge in [-0.3, -0.25) is 10.1 Å². The molecule has 0 atom stereocenters. The number of nitrogens with one attached hydrogen (secondary N) is 1. The molecule has 7 heteroatoms. The van der Waals surface area contributed by atoms with Crippen LogP contribution in [0, 0.1) is 11.3 Å². The molecule has 1 aromatic rings. The second kappa shape index (κ2) is 7.70. The largest absolute Gasteiger partial charge is 0.444 e. The number of carbonyl (C=O) groups excluding carboxylic acids is 2. The average molecular weight is 389 g/mol. The minimum absolute atomic E-state index is 0.109. The average Bonchev–Trinajstić information content (AvgIpc) is 2.58. The van der Waals surface area contributed by atoms with Crippen LogP contribution >= 0.6 is 0 Å². The van der Waals surface area contributed by atoms with Crippen molar-refractivity contribution in [2.45, 2.75) is 53.1 Å². The van der Waals surface area contributed by atoms with Gasteiger partial charge in [0, 0.05) is 24.4 Å². The van der Waals surface area contributed by atoms with Gasteiger partial charge in [0.1, 0.15) is 11.3 Å². The fraction of sp³-hybridized carbons (Fsp3) is 0.667. The van der Waals surface area contributed by atoms with Crippen LogP contribution in [0.3, 0.4) is 0 Å². The lowest BCUT2D eigenvalue weighted by atomic mass is 9.77. The van der Waals surface area contributed by atoms with Crippen LogP contribution < -0.4 is 10.2 Å². The molecule has 0 saturated carbocycles. The molecule has 2 saturated heterocycles. The molecular formula is C21H31N3O4. The van der Waals surface area contributed by atoms with Crippen LogP contribution in [0.4, 0.5) is 16.2 Å². The lowest BCUT2D eigenvalue weighted by Gasteiger charge is -2.47. The van der Waals surface area contributed by atoms with Gasteiger partial charge < -0.3 is 14.4 Å². The maximum Gasteiger partial charge on any atom is 0.412 e. The highest BCUT2D eigenvalue weighted by Gasteiger charge is 2.41. The summed E-state index contributed by atoms with van der Waals surface area (Å²) in [4.78, 5) is 31.5. The minimum Gasteiger partial charge on any atom is -0.444 e. The number of hydrogen-bond acceptors (Lipinski definition) is 6. The van der Waals surface area contributed by atoms with E-state index in [2.05, 4.69) is 15.2 Å². The first kappa shape index (κ1) is 20.6. The maximum atomic E-state index is 12.6. The molecule has 1 N–H and O–H groups in total. The molecule has 3 heterocycles. The van der Waals surface area contributed by atoms with Crippen molar-refractivity contribution in [2.24, 2.45) is 11.3 Å². The Bertz CT molecular complexity index is 741. The Balaban J connectivity index is 1.81. The first-order valence-electron chi connectivity index (χ1n) is 9.96. The lowest BCUT2D eigenvalue weighted by molar-refractivity contribution is -0.124. The molecule has 28 heavy (non-hydrogen) atoms. The van der Waals surface area contributed by atoms with Crippen LogP contribution in [0.2, 0.25) is 0 Å². The maximum absolute atomic E-state index is 12.6. The minimum atomic E-state index is -0.622. The van der Waals surface area contributed by atoms with Gasteiger partial charge in [-0.2, -0.15) is 0 Å². The van der Waals surface area contributed by atoms with Crippen LogP contribution in [-0.2, 0) is 9.47 Å². The molecule has 0 aromatic carbocycles. The molecule has 0 bridgehead atoms.